The van der Waals surface area contributed by atoms with Crippen LogP contribution in [0.1, 0.15) is 11.5 Å². The second-order valence-corrected chi connectivity index (χ2v) is 5.11. The first-order valence-corrected chi connectivity index (χ1v) is 7.48. The summed E-state index contributed by atoms with van der Waals surface area (Å²) in [6.45, 7) is 0.122. The third-order valence-corrected chi connectivity index (χ3v) is 3.75. The van der Waals surface area contributed by atoms with Gasteiger partial charge in [0.2, 0.25) is 0 Å². The minimum atomic E-state index is -0.877. The Morgan fingerprint density at radius 3 is 2.45 bits per heavy atom. The lowest BCUT2D eigenvalue weighted by molar-refractivity contribution is -0.139. The molecule has 3 nitrogen and oxygen atoms in total. The second-order valence-electron chi connectivity index (χ2n) is 4.26. The molecule has 2 aromatic rings. The molecule has 0 heterocycles. The number of ether oxygens (including phenoxy) is 1. The van der Waals surface area contributed by atoms with Crippen LogP contribution in [0.3, 0.4) is 0 Å². The predicted molar refractivity (Wildman–Crippen MR) is 80.5 cm³/mol. The highest BCUT2D eigenvalue weighted by Gasteiger charge is 2.20. The number of hydrogen-bond donors (Lipinski definition) is 1. The number of carboxylic acid groups (broad SMARTS) is 1. The van der Waals surface area contributed by atoms with E-state index < -0.39 is 11.9 Å². The molecular weight excluding hydrogens is 272 g/mol. The number of aliphatic carboxylic acids is 1. The van der Waals surface area contributed by atoms with Crippen molar-refractivity contribution in [3.8, 4) is 5.75 Å². The van der Waals surface area contributed by atoms with E-state index in [4.69, 9.17) is 4.74 Å². The summed E-state index contributed by atoms with van der Waals surface area (Å²) in [4.78, 5) is 12.4. The zero-order valence-electron chi connectivity index (χ0n) is 11.2. The lowest BCUT2D eigenvalue weighted by Gasteiger charge is -2.15. The highest BCUT2D eigenvalue weighted by molar-refractivity contribution is 7.98. The first kappa shape index (κ1) is 14.5. The lowest BCUT2D eigenvalue weighted by atomic mass is 10.0. The molecule has 0 aromatic heterocycles. The van der Waals surface area contributed by atoms with Crippen molar-refractivity contribution >= 4 is 17.7 Å². The summed E-state index contributed by atoms with van der Waals surface area (Å²) in [7, 11) is 0. The van der Waals surface area contributed by atoms with Gasteiger partial charge in [0.15, 0.2) is 0 Å². The van der Waals surface area contributed by atoms with Crippen molar-refractivity contribution in [2.45, 2.75) is 10.8 Å². The van der Waals surface area contributed by atoms with Gasteiger partial charge in [-0.2, -0.15) is 0 Å². The van der Waals surface area contributed by atoms with Crippen molar-refractivity contribution in [1.82, 2.24) is 0 Å². The van der Waals surface area contributed by atoms with Gasteiger partial charge in [-0.1, -0.05) is 42.5 Å². The standard InChI is InChI=1S/C16H16O3S/c1-20-15-10-6-5-9-14(15)19-11-13(16(17)18)12-7-3-2-4-8-12/h2-10,13H,11H2,1H3,(H,17,18). The van der Waals surface area contributed by atoms with Crippen LogP contribution in [-0.2, 0) is 4.79 Å². The minimum Gasteiger partial charge on any atom is -0.491 e. The number of carboxylic acids is 1. The predicted octanol–water partition coefficient (Wildman–Crippen LogP) is 3.66. The van der Waals surface area contributed by atoms with Gasteiger partial charge in [0.05, 0.1) is 0 Å². The van der Waals surface area contributed by atoms with Crippen LogP contribution in [0.25, 0.3) is 0 Å². The molecule has 4 heteroatoms. The van der Waals surface area contributed by atoms with E-state index in [2.05, 4.69) is 0 Å². The van der Waals surface area contributed by atoms with E-state index in [9.17, 15) is 9.90 Å². The lowest BCUT2D eigenvalue weighted by Crippen LogP contribution is -2.19. The molecule has 2 rings (SSSR count). The van der Waals surface area contributed by atoms with Gasteiger partial charge in [-0.3, -0.25) is 4.79 Å². The van der Waals surface area contributed by atoms with Crippen LogP contribution in [0, 0.1) is 0 Å². The van der Waals surface area contributed by atoms with E-state index in [1.54, 1.807) is 11.8 Å². The third kappa shape index (κ3) is 3.54. The van der Waals surface area contributed by atoms with E-state index in [1.807, 2.05) is 60.9 Å². The molecule has 0 radical (unpaired) electrons. The monoisotopic (exact) mass is 288 g/mol. The first-order chi connectivity index (χ1) is 9.72. The van der Waals surface area contributed by atoms with Gasteiger partial charge >= 0.3 is 5.97 Å². The maximum atomic E-state index is 11.4. The molecule has 0 amide bonds. The number of carbonyl (C=O) groups is 1. The smallest absolute Gasteiger partial charge is 0.314 e. The fraction of sp³-hybridized carbons (Fsp3) is 0.188. The topological polar surface area (TPSA) is 46.5 Å². The quantitative estimate of drug-likeness (QED) is 0.824. The summed E-state index contributed by atoms with van der Waals surface area (Å²) in [5.74, 6) is -0.814. The van der Waals surface area contributed by atoms with E-state index >= 15 is 0 Å². The summed E-state index contributed by atoms with van der Waals surface area (Å²) in [6.07, 6.45) is 1.97. The molecule has 104 valence electrons. The molecule has 0 bridgehead atoms. The molecule has 0 spiro atoms. The molecular formula is C16H16O3S. The SMILES string of the molecule is CSc1ccccc1OCC(C(=O)O)c1ccccc1. The fourth-order valence-electron chi connectivity index (χ4n) is 1.91. The molecule has 1 unspecified atom stereocenters. The Kier molecular flexibility index (Phi) is 5.07. The molecule has 1 atom stereocenters. The highest BCUT2D eigenvalue weighted by Crippen LogP contribution is 2.28. The van der Waals surface area contributed by atoms with E-state index in [-0.39, 0.29) is 6.61 Å². The van der Waals surface area contributed by atoms with Gasteiger partial charge in [-0.25, -0.2) is 0 Å². The highest BCUT2D eigenvalue weighted by atomic mass is 32.2. The third-order valence-electron chi connectivity index (χ3n) is 2.97. The largest absolute Gasteiger partial charge is 0.491 e. The Labute approximate surface area is 122 Å². The van der Waals surface area contributed by atoms with Gasteiger partial charge in [-0.15, -0.1) is 11.8 Å². The van der Waals surface area contributed by atoms with Gasteiger partial charge in [0.25, 0.3) is 0 Å². The van der Waals surface area contributed by atoms with Gasteiger partial charge in [-0.05, 0) is 24.0 Å². The van der Waals surface area contributed by atoms with Crippen LogP contribution in [0.4, 0.5) is 0 Å². The average Bonchev–Trinajstić information content (AvgIpc) is 2.48. The van der Waals surface area contributed by atoms with Crippen molar-refractivity contribution in [2.24, 2.45) is 0 Å². The van der Waals surface area contributed by atoms with Crippen LogP contribution in [0.5, 0.6) is 5.75 Å². The fourth-order valence-corrected chi connectivity index (χ4v) is 2.45. The van der Waals surface area contributed by atoms with Crippen molar-refractivity contribution in [3.63, 3.8) is 0 Å². The molecule has 2 aromatic carbocycles. The average molecular weight is 288 g/mol. The van der Waals surface area contributed by atoms with E-state index in [0.717, 1.165) is 16.2 Å². The van der Waals surface area contributed by atoms with Crippen molar-refractivity contribution in [2.75, 3.05) is 12.9 Å². The number of hydrogen-bond acceptors (Lipinski definition) is 3. The van der Waals surface area contributed by atoms with Gasteiger partial charge < -0.3 is 9.84 Å². The van der Waals surface area contributed by atoms with E-state index in [0.29, 0.717) is 0 Å². The van der Waals surface area contributed by atoms with Crippen LogP contribution in [-0.4, -0.2) is 23.9 Å². The summed E-state index contributed by atoms with van der Waals surface area (Å²) in [6, 6.07) is 16.8. The number of para-hydroxylation sites is 1. The van der Waals surface area contributed by atoms with Crippen molar-refractivity contribution < 1.29 is 14.6 Å². The van der Waals surface area contributed by atoms with Crippen LogP contribution < -0.4 is 4.74 Å². The van der Waals surface area contributed by atoms with Crippen LogP contribution in [0.2, 0.25) is 0 Å². The van der Waals surface area contributed by atoms with Crippen molar-refractivity contribution in [3.05, 3.63) is 60.2 Å². The molecule has 0 aliphatic rings. The van der Waals surface area contributed by atoms with Crippen LogP contribution in [0.15, 0.2) is 59.5 Å². The van der Waals surface area contributed by atoms with Crippen LogP contribution >= 0.6 is 11.8 Å². The number of rotatable bonds is 6. The summed E-state index contributed by atoms with van der Waals surface area (Å²) < 4.78 is 5.70. The minimum absolute atomic E-state index is 0.122. The Bertz CT molecular complexity index is 569. The molecule has 20 heavy (non-hydrogen) atoms. The summed E-state index contributed by atoms with van der Waals surface area (Å²) in [5, 5.41) is 9.35. The molecule has 0 aliphatic carbocycles. The Balaban J connectivity index is 2.12. The van der Waals surface area contributed by atoms with Gasteiger partial charge in [0, 0.05) is 4.90 Å². The summed E-state index contributed by atoms with van der Waals surface area (Å²) in [5.41, 5.74) is 0.752. The molecule has 0 aliphatic heterocycles. The molecule has 0 saturated heterocycles. The zero-order valence-corrected chi connectivity index (χ0v) is 12.0. The van der Waals surface area contributed by atoms with Crippen molar-refractivity contribution in [1.29, 1.82) is 0 Å². The zero-order chi connectivity index (χ0) is 14.4. The molecule has 0 saturated carbocycles. The number of thioether (sulfide) groups is 1. The first-order valence-electron chi connectivity index (χ1n) is 6.26. The van der Waals surface area contributed by atoms with E-state index in [1.165, 1.54) is 0 Å². The molecule has 0 fully saturated rings. The Morgan fingerprint density at radius 1 is 1.15 bits per heavy atom. The second kappa shape index (κ2) is 7.01. The number of benzene rings is 2. The maximum Gasteiger partial charge on any atom is 0.314 e. The Morgan fingerprint density at radius 2 is 1.80 bits per heavy atom. The maximum absolute atomic E-state index is 11.4. The summed E-state index contributed by atoms with van der Waals surface area (Å²) >= 11 is 1.58. The van der Waals surface area contributed by atoms with Gasteiger partial charge in [0.1, 0.15) is 18.3 Å². The molecule has 1 N–H and O–H groups in total. The Hall–Kier alpha value is -1.94. The normalized spacial score (nSPS) is 11.8.